The fourth-order valence-corrected chi connectivity index (χ4v) is 5.95. The van der Waals surface area contributed by atoms with Crippen LogP contribution >= 0.6 is 0 Å². The Balaban J connectivity index is 1.69. The van der Waals surface area contributed by atoms with Crippen molar-refractivity contribution in [1.29, 1.82) is 0 Å². The standard InChI is InChI=1S/C15H20N2O6S2/c18-15(17-6-8-23-9-7-17)12-1-3-14(4-2-12)25(21,22)16-13-5-10-24(19,20)11-13/h1-4,13,16H,5-11H2. The lowest BCUT2D eigenvalue weighted by atomic mass is 10.2. The molecule has 8 nitrogen and oxygen atoms in total. The van der Waals surface area contributed by atoms with E-state index in [1.165, 1.54) is 24.3 Å². The lowest BCUT2D eigenvalue weighted by Gasteiger charge is -2.26. The molecule has 1 aromatic rings. The molecule has 1 unspecified atom stereocenters. The molecule has 0 bridgehead atoms. The molecule has 2 saturated heterocycles. The Morgan fingerprint density at radius 3 is 2.36 bits per heavy atom. The first-order chi connectivity index (χ1) is 11.8. The number of benzene rings is 1. The molecular formula is C15H20N2O6S2. The first-order valence-electron chi connectivity index (χ1n) is 7.97. The number of morpholine rings is 1. The second-order valence-corrected chi connectivity index (χ2v) is 10.1. The van der Waals surface area contributed by atoms with Crippen molar-refractivity contribution in [2.45, 2.75) is 17.4 Å². The van der Waals surface area contributed by atoms with Crippen molar-refractivity contribution in [2.24, 2.45) is 0 Å². The Kier molecular flexibility index (Phi) is 5.14. The number of carbonyl (C=O) groups is 1. The van der Waals surface area contributed by atoms with Crippen molar-refractivity contribution < 1.29 is 26.4 Å². The summed E-state index contributed by atoms with van der Waals surface area (Å²) in [4.78, 5) is 14.0. The summed E-state index contributed by atoms with van der Waals surface area (Å²) in [7, 11) is -6.99. The molecule has 25 heavy (non-hydrogen) atoms. The van der Waals surface area contributed by atoms with E-state index in [9.17, 15) is 21.6 Å². The zero-order valence-corrected chi connectivity index (χ0v) is 15.2. The Morgan fingerprint density at radius 2 is 1.80 bits per heavy atom. The number of sulfonamides is 1. The second kappa shape index (κ2) is 7.02. The van der Waals surface area contributed by atoms with Crippen LogP contribution < -0.4 is 4.72 Å². The molecule has 1 aromatic carbocycles. The molecule has 1 amide bonds. The van der Waals surface area contributed by atoms with Crippen molar-refractivity contribution in [2.75, 3.05) is 37.8 Å². The number of hydrogen-bond donors (Lipinski definition) is 1. The third kappa shape index (κ3) is 4.38. The Labute approximate surface area is 147 Å². The smallest absolute Gasteiger partial charge is 0.254 e. The van der Waals surface area contributed by atoms with E-state index in [4.69, 9.17) is 4.74 Å². The quantitative estimate of drug-likeness (QED) is 0.753. The zero-order valence-electron chi connectivity index (χ0n) is 13.5. The van der Waals surface area contributed by atoms with Gasteiger partial charge in [-0.15, -0.1) is 0 Å². The highest BCUT2D eigenvalue weighted by Crippen LogP contribution is 2.17. The van der Waals surface area contributed by atoms with E-state index in [1.54, 1.807) is 4.90 Å². The molecule has 3 rings (SSSR count). The molecule has 0 spiro atoms. The first-order valence-corrected chi connectivity index (χ1v) is 11.3. The van der Waals surface area contributed by atoms with Crippen LogP contribution in [0.25, 0.3) is 0 Å². The molecule has 2 heterocycles. The van der Waals surface area contributed by atoms with Crippen molar-refractivity contribution in [3.05, 3.63) is 29.8 Å². The summed E-state index contributed by atoms with van der Waals surface area (Å²) in [5.41, 5.74) is 0.407. The van der Waals surface area contributed by atoms with Gasteiger partial charge in [0.15, 0.2) is 9.84 Å². The van der Waals surface area contributed by atoms with Gasteiger partial charge in [0.1, 0.15) is 0 Å². The van der Waals surface area contributed by atoms with Gasteiger partial charge < -0.3 is 9.64 Å². The zero-order chi connectivity index (χ0) is 18.1. The fraction of sp³-hybridized carbons (Fsp3) is 0.533. The molecule has 138 valence electrons. The highest BCUT2D eigenvalue weighted by Gasteiger charge is 2.31. The van der Waals surface area contributed by atoms with Crippen LogP contribution in [0.1, 0.15) is 16.8 Å². The number of carbonyl (C=O) groups excluding carboxylic acids is 1. The van der Waals surface area contributed by atoms with Gasteiger partial charge in [0.2, 0.25) is 10.0 Å². The van der Waals surface area contributed by atoms with Crippen molar-refractivity contribution >= 4 is 25.8 Å². The first kappa shape index (κ1) is 18.3. The van der Waals surface area contributed by atoms with Crippen molar-refractivity contribution in [3.63, 3.8) is 0 Å². The fourth-order valence-electron chi connectivity index (χ4n) is 2.90. The van der Waals surface area contributed by atoms with Crippen LogP contribution in [-0.4, -0.2) is 71.5 Å². The normalized spacial score (nSPS) is 23.5. The molecule has 2 aliphatic rings. The van der Waals surface area contributed by atoms with Crippen LogP contribution in [-0.2, 0) is 24.6 Å². The van der Waals surface area contributed by atoms with Gasteiger partial charge in [0.25, 0.3) is 5.91 Å². The van der Waals surface area contributed by atoms with Gasteiger partial charge in [-0.2, -0.15) is 0 Å². The summed E-state index contributed by atoms with van der Waals surface area (Å²) >= 11 is 0. The molecule has 2 fully saturated rings. The lowest BCUT2D eigenvalue weighted by Crippen LogP contribution is -2.40. The van der Waals surface area contributed by atoms with Gasteiger partial charge in [-0.1, -0.05) is 0 Å². The van der Waals surface area contributed by atoms with E-state index >= 15 is 0 Å². The van der Waals surface area contributed by atoms with Crippen LogP contribution in [0.4, 0.5) is 0 Å². The van der Waals surface area contributed by atoms with Gasteiger partial charge in [-0.05, 0) is 30.7 Å². The van der Waals surface area contributed by atoms with E-state index in [1.807, 2.05) is 0 Å². The maximum atomic E-state index is 12.4. The largest absolute Gasteiger partial charge is 0.378 e. The Bertz CT molecular complexity index is 843. The summed E-state index contributed by atoms with van der Waals surface area (Å²) < 4.78 is 55.2. The molecule has 0 aliphatic carbocycles. The SMILES string of the molecule is O=C(c1ccc(S(=O)(=O)NC2CCS(=O)(=O)C2)cc1)N1CCOCC1. The van der Waals surface area contributed by atoms with Crippen LogP contribution in [0.5, 0.6) is 0 Å². The van der Waals surface area contributed by atoms with Gasteiger partial charge in [0.05, 0.1) is 29.6 Å². The van der Waals surface area contributed by atoms with Gasteiger partial charge in [0, 0.05) is 24.7 Å². The summed E-state index contributed by atoms with van der Waals surface area (Å²) in [6.07, 6.45) is 0.273. The van der Waals surface area contributed by atoms with Crippen molar-refractivity contribution in [1.82, 2.24) is 9.62 Å². The highest BCUT2D eigenvalue weighted by molar-refractivity contribution is 7.92. The number of nitrogens with one attached hydrogen (secondary N) is 1. The van der Waals surface area contributed by atoms with Gasteiger partial charge >= 0.3 is 0 Å². The number of rotatable bonds is 4. The van der Waals surface area contributed by atoms with Gasteiger partial charge in [-0.25, -0.2) is 21.6 Å². The summed E-state index contributed by atoms with van der Waals surface area (Å²) in [5, 5.41) is 0. The maximum absolute atomic E-state index is 12.4. The van der Waals surface area contributed by atoms with Crippen molar-refractivity contribution in [3.8, 4) is 0 Å². The second-order valence-electron chi connectivity index (χ2n) is 6.15. The van der Waals surface area contributed by atoms with Crippen LogP contribution in [0, 0.1) is 0 Å². The molecule has 1 N–H and O–H groups in total. The van der Waals surface area contributed by atoms with E-state index in [2.05, 4.69) is 4.72 Å². The van der Waals surface area contributed by atoms with Crippen LogP contribution in [0.3, 0.4) is 0 Å². The number of nitrogens with zero attached hydrogens (tertiary/aromatic N) is 1. The average molecular weight is 388 g/mol. The molecule has 2 aliphatic heterocycles. The average Bonchev–Trinajstić information content (AvgIpc) is 2.93. The monoisotopic (exact) mass is 388 g/mol. The van der Waals surface area contributed by atoms with Crippen LogP contribution in [0.15, 0.2) is 29.2 Å². The Hall–Kier alpha value is -1.49. The number of sulfone groups is 1. The molecule has 0 saturated carbocycles. The van der Waals surface area contributed by atoms with Gasteiger partial charge in [-0.3, -0.25) is 4.79 Å². The number of hydrogen-bond acceptors (Lipinski definition) is 6. The minimum atomic E-state index is -3.82. The minimum Gasteiger partial charge on any atom is -0.378 e. The van der Waals surface area contributed by atoms with E-state index < -0.39 is 25.9 Å². The third-order valence-corrected chi connectivity index (χ3v) is 7.57. The topological polar surface area (TPSA) is 110 Å². The lowest BCUT2D eigenvalue weighted by molar-refractivity contribution is 0.0303. The molecule has 0 radical (unpaired) electrons. The summed E-state index contributed by atoms with van der Waals surface area (Å²) in [5.74, 6) is -0.352. The molecule has 10 heteroatoms. The molecular weight excluding hydrogens is 368 g/mol. The predicted octanol–water partition coefficient (Wildman–Crippen LogP) is -0.376. The minimum absolute atomic E-state index is 0.00677. The Morgan fingerprint density at radius 1 is 1.16 bits per heavy atom. The van der Waals surface area contributed by atoms with E-state index in [0.29, 0.717) is 31.9 Å². The van der Waals surface area contributed by atoms with E-state index in [-0.39, 0.29) is 28.7 Å². The highest BCUT2D eigenvalue weighted by atomic mass is 32.2. The molecule has 0 aromatic heterocycles. The summed E-state index contributed by atoms with van der Waals surface area (Å²) in [6, 6.07) is 5.05. The molecule has 1 atom stereocenters. The third-order valence-electron chi connectivity index (χ3n) is 4.26. The predicted molar refractivity (Wildman–Crippen MR) is 90.5 cm³/mol. The number of amides is 1. The van der Waals surface area contributed by atoms with E-state index in [0.717, 1.165) is 0 Å². The van der Waals surface area contributed by atoms with Crippen LogP contribution in [0.2, 0.25) is 0 Å². The summed E-state index contributed by atoms with van der Waals surface area (Å²) in [6.45, 7) is 2.01. The maximum Gasteiger partial charge on any atom is 0.254 e. The number of ether oxygens (including phenoxy) is 1.